The fourth-order valence-corrected chi connectivity index (χ4v) is 5.50. The van der Waals surface area contributed by atoms with Gasteiger partial charge in [-0.2, -0.15) is 0 Å². The summed E-state index contributed by atoms with van der Waals surface area (Å²) in [5.41, 5.74) is 5.93. The first-order valence-corrected chi connectivity index (χ1v) is 14.6. The van der Waals surface area contributed by atoms with Crippen molar-refractivity contribution in [2.45, 2.75) is 27.7 Å². The Balaban J connectivity index is 1.39. The predicted molar refractivity (Wildman–Crippen MR) is 168 cm³/mol. The van der Waals surface area contributed by atoms with Crippen LogP contribution in [-0.4, -0.2) is 48.1 Å². The fraction of sp³-hybridized carbons (Fsp3) is 0.226. The van der Waals surface area contributed by atoms with Gasteiger partial charge in [0.05, 0.1) is 17.7 Å². The third-order valence-corrected chi connectivity index (χ3v) is 8.32. The number of carbonyl (C=O) groups is 4. The van der Waals surface area contributed by atoms with Crippen LogP contribution >= 0.6 is 27.7 Å². The molecule has 1 fully saturated rings. The number of hydrogen-bond acceptors (Lipinski definition) is 7. The maximum absolute atomic E-state index is 13.0. The van der Waals surface area contributed by atoms with Crippen molar-refractivity contribution in [3.8, 4) is 11.5 Å². The lowest BCUT2D eigenvalue weighted by molar-refractivity contribution is -0.127. The Morgan fingerprint density at radius 1 is 0.905 bits per heavy atom. The zero-order chi connectivity index (χ0) is 30.6. The van der Waals surface area contributed by atoms with Crippen molar-refractivity contribution in [1.29, 1.82) is 0 Å². The lowest BCUT2D eigenvalue weighted by atomic mass is 10.1. The van der Waals surface area contributed by atoms with Gasteiger partial charge in [0, 0.05) is 10.2 Å². The average Bonchev–Trinajstić information content (AvgIpc) is 3.20. The molecule has 4 amide bonds. The maximum atomic E-state index is 13.0. The highest BCUT2D eigenvalue weighted by Crippen LogP contribution is 2.35. The van der Waals surface area contributed by atoms with E-state index in [1.54, 1.807) is 30.3 Å². The lowest BCUT2D eigenvalue weighted by Crippen LogP contribution is -2.36. The minimum absolute atomic E-state index is 0.175. The first-order valence-electron chi connectivity index (χ1n) is 13.0. The number of amides is 4. The van der Waals surface area contributed by atoms with Crippen molar-refractivity contribution in [1.82, 2.24) is 4.90 Å². The van der Waals surface area contributed by atoms with E-state index in [4.69, 9.17) is 9.47 Å². The summed E-state index contributed by atoms with van der Waals surface area (Å²) in [5.74, 6) is -0.699. The highest BCUT2D eigenvalue weighted by atomic mass is 79.9. The van der Waals surface area contributed by atoms with Crippen molar-refractivity contribution in [3.05, 3.63) is 85.7 Å². The number of anilines is 2. The molecule has 1 aliphatic rings. The van der Waals surface area contributed by atoms with E-state index >= 15 is 0 Å². The monoisotopic (exact) mass is 651 g/mol. The zero-order valence-electron chi connectivity index (χ0n) is 23.8. The first kappa shape index (κ1) is 30.9. The molecule has 9 nitrogen and oxygen atoms in total. The molecular weight excluding hydrogens is 622 g/mol. The van der Waals surface area contributed by atoms with E-state index < -0.39 is 23.6 Å². The second kappa shape index (κ2) is 13.3. The molecule has 0 bridgehead atoms. The van der Waals surface area contributed by atoms with Crippen molar-refractivity contribution in [3.63, 3.8) is 0 Å². The molecule has 0 saturated carbocycles. The second-order valence-electron chi connectivity index (χ2n) is 9.73. The van der Waals surface area contributed by atoms with Gasteiger partial charge in [-0.25, -0.2) is 0 Å². The normalized spacial score (nSPS) is 13.9. The Bertz CT molecular complexity index is 1620. The standard InChI is InChI=1S/C31H30BrN3O6S/c1-17-7-6-8-23(20(17)4)33-28(36)15-35-30(38)27(42-31(35)39)14-21-9-10-25(26(13-21)40-5)41-16-29(37)34-24-12-19(3)18(2)11-22(24)32/h6-14H,15-16H2,1-5H3,(H,33,36)(H,34,37)/b27-14+. The van der Waals surface area contributed by atoms with E-state index in [2.05, 4.69) is 26.6 Å². The molecule has 218 valence electrons. The fourth-order valence-electron chi connectivity index (χ4n) is 4.11. The molecule has 0 aliphatic carbocycles. The van der Waals surface area contributed by atoms with Crippen LogP contribution in [-0.2, 0) is 14.4 Å². The molecular formula is C31H30BrN3O6S. The molecule has 1 saturated heterocycles. The van der Waals surface area contributed by atoms with Gasteiger partial charge in [-0.05, 0) is 120 Å². The number of halogens is 1. The van der Waals surface area contributed by atoms with Crippen LogP contribution in [0.15, 0.2) is 57.9 Å². The number of aryl methyl sites for hydroxylation is 3. The summed E-state index contributed by atoms with van der Waals surface area (Å²) in [6, 6.07) is 14.3. The summed E-state index contributed by atoms with van der Waals surface area (Å²) in [6.45, 7) is 7.12. The Morgan fingerprint density at radius 2 is 1.62 bits per heavy atom. The summed E-state index contributed by atoms with van der Waals surface area (Å²) in [7, 11) is 1.46. The van der Waals surface area contributed by atoms with Crippen molar-refractivity contribution < 1.29 is 28.7 Å². The molecule has 3 aromatic rings. The summed E-state index contributed by atoms with van der Waals surface area (Å²) in [4.78, 5) is 51.8. The Morgan fingerprint density at radius 3 is 2.36 bits per heavy atom. The van der Waals surface area contributed by atoms with E-state index in [-0.39, 0.29) is 17.4 Å². The minimum Gasteiger partial charge on any atom is -0.493 e. The van der Waals surface area contributed by atoms with E-state index in [1.165, 1.54) is 7.11 Å². The largest absolute Gasteiger partial charge is 0.493 e. The van der Waals surface area contributed by atoms with Crippen LogP contribution in [0.1, 0.15) is 27.8 Å². The zero-order valence-corrected chi connectivity index (χ0v) is 26.2. The Labute approximate surface area is 256 Å². The van der Waals surface area contributed by atoms with Crippen LogP contribution in [0.3, 0.4) is 0 Å². The van der Waals surface area contributed by atoms with Crippen LogP contribution in [0.25, 0.3) is 6.08 Å². The number of hydrogen-bond donors (Lipinski definition) is 2. The van der Waals surface area contributed by atoms with Crippen LogP contribution in [0.2, 0.25) is 0 Å². The third kappa shape index (κ3) is 7.21. The van der Waals surface area contributed by atoms with Gasteiger partial charge in [0.2, 0.25) is 5.91 Å². The van der Waals surface area contributed by atoms with Crippen LogP contribution in [0, 0.1) is 27.7 Å². The number of methoxy groups -OCH3 is 1. The molecule has 1 aliphatic heterocycles. The highest BCUT2D eigenvalue weighted by Gasteiger charge is 2.36. The van der Waals surface area contributed by atoms with Gasteiger partial charge in [0.1, 0.15) is 6.54 Å². The third-order valence-electron chi connectivity index (χ3n) is 6.76. The predicted octanol–water partition coefficient (Wildman–Crippen LogP) is 6.38. The molecule has 4 rings (SSSR count). The first-order chi connectivity index (χ1) is 20.0. The topological polar surface area (TPSA) is 114 Å². The summed E-state index contributed by atoms with van der Waals surface area (Å²) in [5, 5.41) is 5.06. The SMILES string of the molecule is COc1cc(/C=C2/SC(=O)N(CC(=O)Nc3cccc(C)c3C)C2=O)ccc1OCC(=O)Nc1cc(C)c(C)cc1Br. The molecule has 0 spiro atoms. The maximum Gasteiger partial charge on any atom is 0.294 e. The number of carbonyl (C=O) groups excluding carboxylic acids is 4. The molecule has 11 heteroatoms. The van der Waals surface area contributed by atoms with E-state index in [9.17, 15) is 19.2 Å². The number of nitrogens with zero attached hydrogens (tertiary/aromatic N) is 1. The van der Waals surface area contributed by atoms with Gasteiger partial charge in [-0.15, -0.1) is 0 Å². The molecule has 0 unspecified atom stereocenters. The quantitative estimate of drug-likeness (QED) is 0.258. The molecule has 0 aromatic heterocycles. The molecule has 1 heterocycles. The van der Waals surface area contributed by atoms with E-state index in [0.29, 0.717) is 28.4 Å². The summed E-state index contributed by atoms with van der Waals surface area (Å²) >= 11 is 4.22. The van der Waals surface area contributed by atoms with Gasteiger partial charge >= 0.3 is 0 Å². The average molecular weight is 653 g/mol. The molecule has 3 aromatic carbocycles. The Kier molecular flexibility index (Phi) is 9.74. The van der Waals surface area contributed by atoms with E-state index in [1.807, 2.05) is 52.0 Å². The van der Waals surface area contributed by atoms with Crippen LogP contribution in [0.5, 0.6) is 11.5 Å². The number of thioether (sulfide) groups is 1. The molecule has 42 heavy (non-hydrogen) atoms. The number of rotatable bonds is 9. The summed E-state index contributed by atoms with van der Waals surface area (Å²) < 4.78 is 11.9. The summed E-state index contributed by atoms with van der Waals surface area (Å²) in [6.07, 6.45) is 1.55. The highest BCUT2D eigenvalue weighted by molar-refractivity contribution is 9.10. The Hall–Kier alpha value is -4.09. The van der Waals surface area contributed by atoms with Gasteiger partial charge < -0.3 is 20.1 Å². The van der Waals surface area contributed by atoms with Crippen LogP contribution in [0.4, 0.5) is 16.2 Å². The van der Waals surface area contributed by atoms with Gasteiger partial charge in [-0.1, -0.05) is 18.2 Å². The van der Waals surface area contributed by atoms with Crippen molar-refractivity contribution in [2.24, 2.45) is 0 Å². The second-order valence-corrected chi connectivity index (χ2v) is 11.6. The molecule has 2 N–H and O–H groups in total. The van der Waals surface area contributed by atoms with Gasteiger partial charge in [0.25, 0.3) is 17.1 Å². The smallest absolute Gasteiger partial charge is 0.294 e. The number of benzene rings is 3. The van der Waals surface area contributed by atoms with Crippen molar-refractivity contribution >= 4 is 68.1 Å². The number of nitrogens with one attached hydrogen (secondary N) is 2. The minimum atomic E-state index is -0.561. The van der Waals surface area contributed by atoms with Crippen LogP contribution < -0.4 is 20.1 Å². The molecule has 0 atom stereocenters. The number of ether oxygens (including phenoxy) is 2. The van der Waals surface area contributed by atoms with Gasteiger partial charge in [0.15, 0.2) is 18.1 Å². The van der Waals surface area contributed by atoms with Gasteiger partial charge in [-0.3, -0.25) is 24.1 Å². The van der Waals surface area contributed by atoms with E-state index in [0.717, 1.165) is 43.4 Å². The lowest BCUT2D eigenvalue weighted by Gasteiger charge is -2.14. The molecule has 0 radical (unpaired) electrons. The van der Waals surface area contributed by atoms with Crippen molar-refractivity contribution in [2.75, 3.05) is 30.9 Å². The number of imide groups is 1.